The number of nitrogens with two attached hydrogens (primary N) is 1. The van der Waals surface area contributed by atoms with E-state index in [-0.39, 0.29) is 0 Å². The van der Waals surface area contributed by atoms with Gasteiger partial charge >= 0.3 is 0 Å². The first-order valence-electron chi connectivity index (χ1n) is 5.06. The van der Waals surface area contributed by atoms with Crippen LogP contribution in [0.5, 0.6) is 11.5 Å². The summed E-state index contributed by atoms with van der Waals surface area (Å²) in [5.74, 6) is 1.10. The van der Waals surface area contributed by atoms with Crippen molar-refractivity contribution in [2.75, 3.05) is 20.0 Å². The molecule has 0 heterocycles. The number of benzene rings is 1. The monoisotopic (exact) mass is 222 g/mol. The molecule has 0 fully saturated rings. The van der Waals surface area contributed by atoms with E-state index in [0.717, 1.165) is 0 Å². The standard InChI is InChI=1S/C10H12N2O2.C2H6/c1-6-7(5-11)8(12)4-9(13-2)10(6)14-3;1-2/h4H,12H2,1-3H3;1-2H3. The minimum atomic E-state index is 0.405. The second-order valence-electron chi connectivity index (χ2n) is 2.81. The van der Waals surface area contributed by atoms with Crippen molar-refractivity contribution in [3.63, 3.8) is 0 Å². The van der Waals surface area contributed by atoms with Gasteiger partial charge in [-0.1, -0.05) is 13.8 Å². The lowest BCUT2D eigenvalue weighted by atomic mass is 10.1. The maximum absolute atomic E-state index is 8.86. The normalized spacial score (nSPS) is 8.50. The van der Waals surface area contributed by atoms with Crippen LogP contribution < -0.4 is 15.2 Å². The van der Waals surface area contributed by atoms with E-state index in [0.29, 0.717) is 28.3 Å². The van der Waals surface area contributed by atoms with Crippen LogP contribution in [0, 0.1) is 18.3 Å². The number of ether oxygens (including phenoxy) is 2. The minimum Gasteiger partial charge on any atom is -0.493 e. The summed E-state index contributed by atoms with van der Waals surface area (Å²) in [5, 5.41) is 8.86. The largest absolute Gasteiger partial charge is 0.493 e. The molecule has 88 valence electrons. The van der Waals surface area contributed by atoms with Gasteiger partial charge in [0.15, 0.2) is 11.5 Å². The Balaban J connectivity index is 0.00000106. The Bertz CT molecular complexity index is 395. The second-order valence-corrected chi connectivity index (χ2v) is 2.81. The molecule has 0 unspecified atom stereocenters. The summed E-state index contributed by atoms with van der Waals surface area (Å²) in [6.07, 6.45) is 0. The summed E-state index contributed by atoms with van der Waals surface area (Å²) in [4.78, 5) is 0. The van der Waals surface area contributed by atoms with Crippen LogP contribution in [-0.2, 0) is 0 Å². The Kier molecular flexibility index (Phi) is 5.79. The summed E-state index contributed by atoms with van der Waals surface area (Å²) < 4.78 is 10.2. The number of hydrogen-bond donors (Lipinski definition) is 1. The molecule has 0 atom stereocenters. The van der Waals surface area contributed by atoms with Crippen molar-refractivity contribution >= 4 is 5.69 Å². The number of nitrogen functional groups attached to an aromatic ring is 1. The van der Waals surface area contributed by atoms with Crippen molar-refractivity contribution in [3.8, 4) is 17.6 Å². The van der Waals surface area contributed by atoms with Crippen LogP contribution >= 0.6 is 0 Å². The zero-order valence-corrected chi connectivity index (χ0v) is 10.4. The number of nitriles is 1. The van der Waals surface area contributed by atoms with Crippen LogP contribution in [0.2, 0.25) is 0 Å². The second kappa shape index (κ2) is 6.57. The molecule has 0 radical (unpaired) electrons. The summed E-state index contributed by atoms with van der Waals surface area (Å²) >= 11 is 0. The third-order valence-electron chi connectivity index (χ3n) is 2.05. The van der Waals surface area contributed by atoms with Crippen LogP contribution in [0.3, 0.4) is 0 Å². The fourth-order valence-electron chi connectivity index (χ4n) is 1.35. The van der Waals surface area contributed by atoms with Crippen LogP contribution in [0.4, 0.5) is 5.69 Å². The quantitative estimate of drug-likeness (QED) is 0.780. The van der Waals surface area contributed by atoms with Gasteiger partial charge in [-0.15, -0.1) is 0 Å². The smallest absolute Gasteiger partial charge is 0.165 e. The average molecular weight is 222 g/mol. The first-order valence-corrected chi connectivity index (χ1v) is 5.06. The zero-order chi connectivity index (χ0) is 12.7. The van der Waals surface area contributed by atoms with E-state index in [4.69, 9.17) is 20.5 Å². The molecule has 16 heavy (non-hydrogen) atoms. The molecule has 1 aromatic rings. The van der Waals surface area contributed by atoms with Crippen molar-refractivity contribution in [2.45, 2.75) is 20.8 Å². The summed E-state index contributed by atoms with van der Waals surface area (Å²) in [5.41, 5.74) is 7.21. The first kappa shape index (κ1) is 14.1. The SMILES string of the molecule is CC.COc1cc(N)c(C#N)c(C)c1OC. The third-order valence-corrected chi connectivity index (χ3v) is 2.05. The molecule has 0 aliphatic rings. The molecule has 0 aliphatic heterocycles. The molecule has 0 amide bonds. The van der Waals surface area contributed by atoms with Gasteiger partial charge in [0.1, 0.15) is 6.07 Å². The van der Waals surface area contributed by atoms with Crippen molar-refractivity contribution in [1.82, 2.24) is 0 Å². The summed E-state index contributed by atoms with van der Waals surface area (Å²) in [7, 11) is 3.06. The molecule has 4 heteroatoms. The van der Waals surface area contributed by atoms with Crippen molar-refractivity contribution in [3.05, 3.63) is 17.2 Å². The number of rotatable bonds is 2. The van der Waals surface area contributed by atoms with E-state index in [9.17, 15) is 0 Å². The Morgan fingerprint density at radius 2 is 1.81 bits per heavy atom. The predicted molar refractivity (Wildman–Crippen MR) is 64.8 cm³/mol. The van der Waals surface area contributed by atoms with Crippen molar-refractivity contribution in [2.24, 2.45) is 0 Å². The molecular weight excluding hydrogens is 204 g/mol. The predicted octanol–water partition coefficient (Wildman–Crippen LogP) is 2.49. The van der Waals surface area contributed by atoms with Crippen molar-refractivity contribution in [1.29, 1.82) is 5.26 Å². The topological polar surface area (TPSA) is 68.3 Å². The van der Waals surface area contributed by atoms with Crippen LogP contribution in [0.25, 0.3) is 0 Å². The lowest BCUT2D eigenvalue weighted by molar-refractivity contribution is 0.353. The van der Waals surface area contributed by atoms with Gasteiger partial charge in [-0.25, -0.2) is 0 Å². The Labute approximate surface area is 96.6 Å². The van der Waals surface area contributed by atoms with Gasteiger partial charge in [-0.05, 0) is 6.92 Å². The highest BCUT2D eigenvalue weighted by atomic mass is 16.5. The highest BCUT2D eigenvalue weighted by Gasteiger charge is 2.14. The molecule has 0 aromatic heterocycles. The fraction of sp³-hybridized carbons (Fsp3) is 0.417. The van der Waals surface area contributed by atoms with Gasteiger partial charge in [0.05, 0.1) is 25.5 Å². The minimum absolute atomic E-state index is 0.405. The van der Waals surface area contributed by atoms with Gasteiger partial charge in [-0.2, -0.15) is 5.26 Å². The van der Waals surface area contributed by atoms with E-state index >= 15 is 0 Å². The molecule has 0 aliphatic carbocycles. The van der Waals surface area contributed by atoms with Crippen molar-refractivity contribution < 1.29 is 9.47 Å². The average Bonchev–Trinajstić information content (AvgIpc) is 2.31. The lowest BCUT2D eigenvalue weighted by Crippen LogP contribution is -2.00. The molecule has 2 N–H and O–H groups in total. The van der Waals surface area contributed by atoms with Crippen LogP contribution in [0.1, 0.15) is 25.0 Å². The summed E-state index contributed by atoms with van der Waals surface area (Å²) in [6, 6.07) is 3.62. The fourth-order valence-corrected chi connectivity index (χ4v) is 1.35. The van der Waals surface area contributed by atoms with E-state index in [1.165, 1.54) is 14.2 Å². The molecule has 1 aromatic carbocycles. The molecule has 0 saturated carbocycles. The molecule has 0 bridgehead atoms. The summed E-state index contributed by atoms with van der Waals surface area (Å²) in [6.45, 7) is 5.77. The highest BCUT2D eigenvalue weighted by Crippen LogP contribution is 2.35. The third kappa shape index (κ3) is 2.57. The van der Waals surface area contributed by atoms with Gasteiger partial charge in [0, 0.05) is 11.6 Å². The zero-order valence-electron chi connectivity index (χ0n) is 10.4. The highest BCUT2D eigenvalue weighted by molar-refractivity contribution is 5.67. The molecule has 0 spiro atoms. The van der Waals surface area contributed by atoms with Crippen LogP contribution in [-0.4, -0.2) is 14.2 Å². The Morgan fingerprint density at radius 1 is 1.25 bits per heavy atom. The van der Waals surface area contributed by atoms with Gasteiger partial charge in [-0.3, -0.25) is 0 Å². The van der Waals surface area contributed by atoms with Gasteiger partial charge in [0.25, 0.3) is 0 Å². The molecule has 4 nitrogen and oxygen atoms in total. The van der Waals surface area contributed by atoms with Gasteiger partial charge in [0.2, 0.25) is 0 Å². The number of anilines is 1. The number of hydrogen-bond acceptors (Lipinski definition) is 4. The van der Waals surface area contributed by atoms with Gasteiger partial charge < -0.3 is 15.2 Å². The maximum Gasteiger partial charge on any atom is 0.165 e. The van der Waals surface area contributed by atoms with E-state index in [1.54, 1.807) is 13.0 Å². The lowest BCUT2D eigenvalue weighted by Gasteiger charge is -2.12. The van der Waals surface area contributed by atoms with E-state index in [1.807, 2.05) is 19.9 Å². The Morgan fingerprint density at radius 3 is 2.19 bits per heavy atom. The first-order chi connectivity index (χ1) is 7.65. The van der Waals surface area contributed by atoms with E-state index < -0.39 is 0 Å². The molecular formula is C12H18N2O2. The molecule has 0 saturated heterocycles. The van der Waals surface area contributed by atoms with E-state index in [2.05, 4.69) is 0 Å². The Hall–Kier alpha value is -1.89. The van der Waals surface area contributed by atoms with Crippen LogP contribution in [0.15, 0.2) is 6.07 Å². The number of nitrogens with zero attached hydrogens (tertiary/aromatic N) is 1. The number of methoxy groups -OCH3 is 2. The maximum atomic E-state index is 8.86. The molecule has 1 rings (SSSR count).